The van der Waals surface area contributed by atoms with Crippen molar-refractivity contribution >= 4 is 17.7 Å². The zero-order chi connectivity index (χ0) is 16.0. The van der Waals surface area contributed by atoms with Gasteiger partial charge < -0.3 is 15.0 Å². The van der Waals surface area contributed by atoms with Gasteiger partial charge >= 0.3 is 6.09 Å². The Labute approximate surface area is 132 Å². The number of carbonyl (C=O) groups is 2. The van der Waals surface area contributed by atoms with Crippen LogP contribution in [-0.4, -0.2) is 29.8 Å². The number of anilines is 1. The van der Waals surface area contributed by atoms with E-state index in [1.807, 2.05) is 18.2 Å². The molecule has 4 rings (SSSR count). The number of benzene rings is 1. The summed E-state index contributed by atoms with van der Waals surface area (Å²) in [7, 11) is 0. The predicted octanol–water partition coefficient (Wildman–Crippen LogP) is 1.64. The van der Waals surface area contributed by atoms with E-state index in [2.05, 4.69) is 5.16 Å². The molecule has 0 bridgehead atoms. The average molecular weight is 313 g/mol. The van der Waals surface area contributed by atoms with Crippen molar-refractivity contribution in [2.75, 3.05) is 11.4 Å². The van der Waals surface area contributed by atoms with Crippen LogP contribution in [0.25, 0.3) is 11.3 Å². The fraction of sp³-hybridized carbons (Fsp3) is 0.312. The number of ether oxygens (including phenoxy) is 1. The number of fused-ring (bicyclic) bond motifs is 3. The summed E-state index contributed by atoms with van der Waals surface area (Å²) in [6, 6.07) is 5.68. The molecule has 1 aromatic carbocycles. The first-order chi connectivity index (χ1) is 11.1. The minimum Gasteiger partial charge on any atom is -0.434 e. The van der Waals surface area contributed by atoms with Gasteiger partial charge in [-0.3, -0.25) is 9.69 Å². The van der Waals surface area contributed by atoms with Gasteiger partial charge in [0.25, 0.3) is 5.91 Å². The standard InChI is InChI=1S/C16H15N3O4/c17-15(20)13-8-19(16(21)22-13)11-4-5-12-9(6-11)2-1-3-10-7-18-23-14(10)12/h4-7,13H,1-3,8H2,(H2,17,20). The molecule has 1 aromatic heterocycles. The number of aryl methyl sites for hydroxylation is 2. The van der Waals surface area contributed by atoms with Crippen molar-refractivity contribution < 1.29 is 18.8 Å². The lowest BCUT2D eigenvalue weighted by Gasteiger charge is -2.15. The van der Waals surface area contributed by atoms with E-state index in [1.165, 1.54) is 4.90 Å². The zero-order valence-electron chi connectivity index (χ0n) is 12.3. The molecule has 7 heteroatoms. The number of hydrogen-bond donors (Lipinski definition) is 1. The molecule has 1 fully saturated rings. The van der Waals surface area contributed by atoms with Crippen LogP contribution in [0.4, 0.5) is 10.5 Å². The van der Waals surface area contributed by atoms with Crippen molar-refractivity contribution in [3.05, 3.63) is 35.5 Å². The SMILES string of the molecule is NC(=O)C1CN(c2ccc3c(c2)CCCc2cnoc2-3)C(=O)O1. The molecule has 118 valence electrons. The molecule has 0 spiro atoms. The second-order valence-electron chi connectivity index (χ2n) is 5.76. The lowest BCUT2D eigenvalue weighted by atomic mass is 10.0. The summed E-state index contributed by atoms with van der Waals surface area (Å²) in [4.78, 5) is 24.6. The highest BCUT2D eigenvalue weighted by molar-refractivity contribution is 5.95. The second-order valence-corrected chi connectivity index (χ2v) is 5.76. The maximum atomic E-state index is 12.0. The summed E-state index contributed by atoms with van der Waals surface area (Å²) in [5.41, 5.74) is 9.10. The van der Waals surface area contributed by atoms with Crippen molar-refractivity contribution in [2.24, 2.45) is 5.73 Å². The van der Waals surface area contributed by atoms with E-state index in [9.17, 15) is 9.59 Å². The lowest BCUT2D eigenvalue weighted by Crippen LogP contribution is -2.32. The number of amides is 2. The minimum atomic E-state index is -0.901. The third-order valence-corrected chi connectivity index (χ3v) is 4.31. The average Bonchev–Trinajstić information content (AvgIpc) is 3.10. The number of nitrogens with two attached hydrogens (primary N) is 1. The Morgan fingerprint density at radius 1 is 1.30 bits per heavy atom. The number of hydrogen-bond acceptors (Lipinski definition) is 5. The molecule has 2 N–H and O–H groups in total. The number of primary amides is 1. The van der Waals surface area contributed by atoms with Gasteiger partial charge in [-0.2, -0.15) is 0 Å². The molecule has 0 radical (unpaired) electrons. The highest BCUT2D eigenvalue weighted by Crippen LogP contribution is 2.35. The van der Waals surface area contributed by atoms with Gasteiger partial charge in [0.15, 0.2) is 11.9 Å². The van der Waals surface area contributed by atoms with Gasteiger partial charge in [-0.1, -0.05) is 5.16 Å². The first-order valence-corrected chi connectivity index (χ1v) is 7.48. The molecule has 2 heterocycles. The molecule has 7 nitrogen and oxygen atoms in total. The molecule has 1 unspecified atom stereocenters. The van der Waals surface area contributed by atoms with Gasteiger partial charge in [0.05, 0.1) is 12.7 Å². The molecule has 1 aliphatic carbocycles. The lowest BCUT2D eigenvalue weighted by molar-refractivity contribution is -0.124. The first kappa shape index (κ1) is 13.8. The maximum absolute atomic E-state index is 12.0. The number of aromatic nitrogens is 1. The van der Waals surface area contributed by atoms with Gasteiger partial charge in [0.2, 0.25) is 0 Å². The summed E-state index contributed by atoms with van der Waals surface area (Å²) in [5, 5.41) is 3.87. The summed E-state index contributed by atoms with van der Waals surface area (Å²) in [6.07, 6.45) is 3.09. The Balaban J connectivity index is 1.70. The van der Waals surface area contributed by atoms with Crippen LogP contribution in [0.2, 0.25) is 0 Å². The monoisotopic (exact) mass is 313 g/mol. The van der Waals surface area contributed by atoms with E-state index in [1.54, 1.807) is 6.20 Å². The predicted molar refractivity (Wildman–Crippen MR) is 80.8 cm³/mol. The van der Waals surface area contributed by atoms with Crippen LogP contribution < -0.4 is 10.6 Å². The smallest absolute Gasteiger partial charge is 0.415 e. The Kier molecular flexibility index (Phi) is 3.07. The van der Waals surface area contributed by atoms with Crippen LogP contribution in [0, 0.1) is 0 Å². The molecular weight excluding hydrogens is 298 g/mol. The zero-order valence-corrected chi connectivity index (χ0v) is 12.3. The van der Waals surface area contributed by atoms with Crippen LogP contribution in [0.15, 0.2) is 28.9 Å². The summed E-state index contributed by atoms with van der Waals surface area (Å²) < 4.78 is 10.4. The van der Waals surface area contributed by atoms with Gasteiger partial charge in [0.1, 0.15) is 0 Å². The molecule has 1 saturated heterocycles. The maximum Gasteiger partial charge on any atom is 0.415 e. The highest BCUT2D eigenvalue weighted by atomic mass is 16.6. The van der Waals surface area contributed by atoms with Crippen molar-refractivity contribution in [3.8, 4) is 11.3 Å². The number of nitrogens with zero attached hydrogens (tertiary/aromatic N) is 2. The fourth-order valence-electron chi connectivity index (χ4n) is 3.13. The van der Waals surface area contributed by atoms with E-state index in [-0.39, 0.29) is 6.54 Å². The third kappa shape index (κ3) is 2.25. The largest absolute Gasteiger partial charge is 0.434 e. The van der Waals surface area contributed by atoms with E-state index in [0.29, 0.717) is 5.69 Å². The molecule has 2 amide bonds. The Hall–Kier alpha value is -2.83. The van der Waals surface area contributed by atoms with E-state index >= 15 is 0 Å². The van der Waals surface area contributed by atoms with Crippen molar-refractivity contribution in [1.82, 2.24) is 5.16 Å². The summed E-state index contributed by atoms with van der Waals surface area (Å²) in [6.45, 7) is 0.139. The van der Waals surface area contributed by atoms with Crippen LogP contribution in [0.5, 0.6) is 0 Å². The van der Waals surface area contributed by atoms with E-state index in [0.717, 1.165) is 41.7 Å². The van der Waals surface area contributed by atoms with Gasteiger partial charge in [-0.15, -0.1) is 0 Å². The molecule has 0 saturated carbocycles. The van der Waals surface area contributed by atoms with Crippen LogP contribution in [0.3, 0.4) is 0 Å². The quantitative estimate of drug-likeness (QED) is 0.908. The molecule has 1 atom stereocenters. The van der Waals surface area contributed by atoms with Crippen LogP contribution >= 0.6 is 0 Å². The summed E-state index contributed by atoms with van der Waals surface area (Å²) >= 11 is 0. The minimum absolute atomic E-state index is 0.139. The Morgan fingerprint density at radius 3 is 2.91 bits per heavy atom. The van der Waals surface area contributed by atoms with Gasteiger partial charge in [-0.25, -0.2) is 4.79 Å². The van der Waals surface area contributed by atoms with Gasteiger partial charge in [-0.05, 0) is 43.0 Å². The van der Waals surface area contributed by atoms with E-state index in [4.69, 9.17) is 15.0 Å². The van der Waals surface area contributed by atoms with Crippen molar-refractivity contribution in [3.63, 3.8) is 0 Å². The van der Waals surface area contributed by atoms with Gasteiger partial charge in [0, 0.05) is 16.8 Å². The Bertz CT molecular complexity index is 798. The van der Waals surface area contributed by atoms with Crippen LogP contribution in [0.1, 0.15) is 17.5 Å². The molecule has 2 aromatic rings. The molecule has 2 aliphatic rings. The van der Waals surface area contributed by atoms with Crippen molar-refractivity contribution in [2.45, 2.75) is 25.4 Å². The fourth-order valence-corrected chi connectivity index (χ4v) is 3.13. The first-order valence-electron chi connectivity index (χ1n) is 7.48. The van der Waals surface area contributed by atoms with Crippen molar-refractivity contribution in [1.29, 1.82) is 0 Å². The molecule has 23 heavy (non-hydrogen) atoms. The number of rotatable bonds is 2. The highest BCUT2D eigenvalue weighted by Gasteiger charge is 2.36. The topological polar surface area (TPSA) is 98.7 Å². The van der Waals surface area contributed by atoms with E-state index < -0.39 is 18.1 Å². The Morgan fingerprint density at radius 2 is 2.13 bits per heavy atom. The number of carbonyl (C=O) groups excluding carboxylic acids is 2. The van der Waals surface area contributed by atoms with Crippen LogP contribution in [-0.2, 0) is 22.4 Å². The molecule has 1 aliphatic heterocycles. The second kappa shape index (κ2) is 5.12. The number of cyclic esters (lactones) is 1. The normalized spacial score (nSPS) is 19.7. The molecular formula is C16H15N3O4. The third-order valence-electron chi connectivity index (χ3n) is 4.31. The summed E-state index contributed by atoms with van der Waals surface area (Å²) in [5.74, 6) is 0.157.